The van der Waals surface area contributed by atoms with Crippen molar-refractivity contribution in [1.29, 1.82) is 0 Å². The van der Waals surface area contributed by atoms with Gasteiger partial charge in [0.05, 0.1) is 0 Å². The van der Waals surface area contributed by atoms with Gasteiger partial charge in [0.1, 0.15) is 6.73 Å². The van der Waals surface area contributed by atoms with E-state index in [2.05, 4.69) is 6.92 Å². The third-order valence-corrected chi connectivity index (χ3v) is 4.76. The molecule has 0 aliphatic carbocycles. The van der Waals surface area contributed by atoms with E-state index in [4.69, 9.17) is 10.8 Å². The van der Waals surface area contributed by atoms with Crippen molar-refractivity contribution >= 4 is 6.03 Å². The Kier molecular flexibility index (Phi) is 18.0. The molecule has 0 aliphatic rings. The van der Waals surface area contributed by atoms with Gasteiger partial charge < -0.3 is 15.7 Å². The minimum atomic E-state index is -0.529. The van der Waals surface area contributed by atoms with Crippen LogP contribution in [0.2, 0.25) is 0 Å². The molecule has 0 fully saturated rings. The number of hydrogen-bond acceptors (Lipinski definition) is 2. The number of carbonyl (C=O) groups is 1. The lowest BCUT2D eigenvalue weighted by Gasteiger charge is -2.16. The molecule has 4 heteroatoms. The van der Waals surface area contributed by atoms with Crippen LogP contribution in [0.5, 0.6) is 0 Å². The van der Waals surface area contributed by atoms with Crippen molar-refractivity contribution in [2.75, 3.05) is 13.3 Å². The average Bonchev–Trinajstić information content (AvgIpc) is 2.57. The fraction of sp³-hybridized carbons (Fsp3) is 0.950. The third kappa shape index (κ3) is 16.1. The summed E-state index contributed by atoms with van der Waals surface area (Å²) in [6.07, 6.45) is 21.3. The Bertz CT molecular complexity index is 272. The van der Waals surface area contributed by atoms with Crippen LogP contribution in [0.4, 0.5) is 4.79 Å². The Morgan fingerprint density at radius 3 is 1.33 bits per heavy atom. The first-order valence-electron chi connectivity index (χ1n) is 10.4. The number of unbranched alkanes of at least 4 members (excludes halogenated alkanes) is 15. The lowest BCUT2D eigenvalue weighted by molar-refractivity contribution is 0.126. The zero-order valence-electron chi connectivity index (χ0n) is 16.1. The molecule has 0 saturated heterocycles. The second-order valence-electron chi connectivity index (χ2n) is 7.05. The maximum atomic E-state index is 10.9. The van der Waals surface area contributed by atoms with Crippen LogP contribution in [0.15, 0.2) is 0 Å². The van der Waals surface area contributed by atoms with Gasteiger partial charge in [0.25, 0.3) is 0 Å². The number of nitrogens with zero attached hydrogens (tertiary/aromatic N) is 1. The number of aliphatic hydroxyl groups excluding tert-OH is 1. The van der Waals surface area contributed by atoms with Crippen molar-refractivity contribution in [3.8, 4) is 0 Å². The van der Waals surface area contributed by atoms with Gasteiger partial charge in [0.2, 0.25) is 0 Å². The molecule has 0 spiro atoms. The molecule has 0 aliphatic heterocycles. The minimum absolute atomic E-state index is 0.270. The normalized spacial score (nSPS) is 10.9. The van der Waals surface area contributed by atoms with E-state index in [0.29, 0.717) is 6.54 Å². The van der Waals surface area contributed by atoms with Gasteiger partial charge in [-0.3, -0.25) is 0 Å². The highest BCUT2D eigenvalue weighted by atomic mass is 16.3. The maximum Gasteiger partial charge on any atom is 0.316 e. The number of urea groups is 1. The molecule has 0 heterocycles. The van der Waals surface area contributed by atoms with Gasteiger partial charge >= 0.3 is 6.03 Å². The monoisotopic (exact) mass is 342 g/mol. The van der Waals surface area contributed by atoms with Gasteiger partial charge in [-0.15, -0.1) is 0 Å². The molecule has 0 radical (unpaired) electrons. The maximum absolute atomic E-state index is 10.9. The SMILES string of the molecule is CCCCCCCCCCCCCCCCCCN(CO)C(N)=O. The van der Waals surface area contributed by atoms with Crippen molar-refractivity contribution in [2.24, 2.45) is 5.73 Å². The van der Waals surface area contributed by atoms with Crippen LogP contribution in [0.1, 0.15) is 110 Å². The van der Waals surface area contributed by atoms with Gasteiger partial charge in [-0.1, -0.05) is 103 Å². The molecule has 0 rings (SSSR count). The Balaban J connectivity index is 3.11. The number of amides is 2. The van der Waals surface area contributed by atoms with Crippen LogP contribution in [-0.2, 0) is 0 Å². The highest BCUT2D eigenvalue weighted by molar-refractivity contribution is 5.71. The molecule has 4 nitrogen and oxygen atoms in total. The highest BCUT2D eigenvalue weighted by Gasteiger charge is 2.06. The summed E-state index contributed by atoms with van der Waals surface area (Å²) in [5.41, 5.74) is 5.14. The van der Waals surface area contributed by atoms with Gasteiger partial charge in [-0.05, 0) is 6.42 Å². The van der Waals surface area contributed by atoms with E-state index in [1.807, 2.05) is 0 Å². The molecule has 0 aromatic heterocycles. The third-order valence-electron chi connectivity index (χ3n) is 4.76. The van der Waals surface area contributed by atoms with Gasteiger partial charge in [-0.2, -0.15) is 0 Å². The largest absolute Gasteiger partial charge is 0.376 e. The van der Waals surface area contributed by atoms with Crippen LogP contribution in [0, 0.1) is 0 Å². The van der Waals surface area contributed by atoms with Crippen LogP contribution < -0.4 is 5.73 Å². The molecule has 3 N–H and O–H groups in total. The minimum Gasteiger partial charge on any atom is -0.376 e. The lowest BCUT2D eigenvalue weighted by atomic mass is 10.0. The molecule has 24 heavy (non-hydrogen) atoms. The van der Waals surface area contributed by atoms with E-state index in [1.165, 1.54) is 94.8 Å². The average molecular weight is 343 g/mol. The van der Waals surface area contributed by atoms with Gasteiger partial charge in [-0.25, -0.2) is 4.79 Å². The Morgan fingerprint density at radius 2 is 1.04 bits per heavy atom. The Morgan fingerprint density at radius 1 is 0.708 bits per heavy atom. The number of rotatable bonds is 18. The zero-order valence-corrected chi connectivity index (χ0v) is 16.1. The van der Waals surface area contributed by atoms with Crippen molar-refractivity contribution in [3.05, 3.63) is 0 Å². The zero-order chi connectivity index (χ0) is 17.9. The van der Waals surface area contributed by atoms with E-state index < -0.39 is 6.03 Å². The standard InChI is InChI=1S/C20H42N2O2/c1-2-3-4-5-6-7-8-9-10-11-12-13-14-15-16-17-18-22(19-23)20(21)24/h23H,2-19H2,1H3,(H2,21,24). The molecule has 0 saturated carbocycles. The number of hydrogen-bond donors (Lipinski definition) is 2. The van der Waals surface area contributed by atoms with Crippen molar-refractivity contribution < 1.29 is 9.90 Å². The molecule has 0 unspecified atom stereocenters. The quantitative estimate of drug-likeness (QED) is 0.252. The summed E-state index contributed by atoms with van der Waals surface area (Å²) in [4.78, 5) is 12.2. The summed E-state index contributed by atoms with van der Waals surface area (Å²) < 4.78 is 0. The Hall–Kier alpha value is -0.770. The number of aliphatic hydroxyl groups is 1. The van der Waals surface area contributed by atoms with E-state index >= 15 is 0 Å². The van der Waals surface area contributed by atoms with Crippen LogP contribution in [-0.4, -0.2) is 29.3 Å². The summed E-state index contributed by atoms with van der Waals surface area (Å²) in [7, 11) is 0. The molecular weight excluding hydrogens is 300 g/mol. The predicted octanol–water partition coefficient (Wildman–Crippen LogP) is 5.58. The molecule has 0 bridgehead atoms. The van der Waals surface area contributed by atoms with Crippen LogP contribution in [0.3, 0.4) is 0 Å². The number of carbonyl (C=O) groups excluding carboxylic acids is 1. The van der Waals surface area contributed by atoms with E-state index in [0.717, 1.165) is 12.8 Å². The molecule has 144 valence electrons. The summed E-state index contributed by atoms with van der Waals surface area (Å²) in [5, 5.41) is 8.95. The van der Waals surface area contributed by atoms with Crippen molar-refractivity contribution in [1.82, 2.24) is 4.90 Å². The molecule has 0 aromatic carbocycles. The van der Waals surface area contributed by atoms with Crippen LogP contribution in [0.25, 0.3) is 0 Å². The molecule has 0 aromatic rings. The van der Waals surface area contributed by atoms with Crippen molar-refractivity contribution in [3.63, 3.8) is 0 Å². The smallest absolute Gasteiger partial charge is 0.316 e. The summed E-state index contributed by atoms with van der Waals surface area (Å²) in [6, 6.07) is -0.529. The first-order valence-corrected chi connectivity index (χ1v) is 10.4. The summed E-state index contributed by atoms with van der Waals surface area (Å²) in [5.74, 6) is 0. The predicted molar refractivity (Wildman–Crippen MR) is 103 cm³/mol. The highest BCUT2D eigenvalue weighted by Crippen LogP contribution is 2.13. The van der Waals surface area contributed by atoms with E-state index in [9.17, 15) is 4.79 Å². The lowest BCUT2D eigenvalue weighted by Crippen LogP contribution is -2.37. The van der Waals surface area contributed by atoms with Gasteiger partial charge in [0, 0.05) is 6.54 Å². The Labute approximate surface area is 150 Å². The number of nitrogens with two attached hydrogens (primary N) is 1. The first-order chi connectivity index (χ1) is 11.7. The van der Waals surface area contributed by atoms with E-state index in [1.54, 1.807) is 0 Å². The topological polar surface area (TPSA) is 66.6 Å². The first kappa shape index (κ1) is 23.2. The van der Waals surface area contributed by atoms with E-state index in [-0.39, 0.29) is 6.73 Å². The fourth-order valence-corrected chi connectivity index (χ4v) is 3.10. The molecule has 0 atom stereocenters. The fourth-order valence-electron chi connectivity index (χ4n) is 3.10. The molecule has 2 amide bonds. The second-order valence-corrected chi connectivity index (χ2v) is 7.05. The molecular formula is C20H42N2O2. The van der Waals surface area contributed by atoms with Gasteiger partial charge in [0.15, 0.2) is 0 Å². The second kappa shape index (κ2) is 18.6. The van der Waals surface area contributed by atoms with Crippen molar-refractivity contribution in [2.45, 2.75) is 110 Å². The summed E-state index contributed by atoms with van der Waals surface area (Å²) in [6.45, 7) is 2.58. The van der Waals surface area contributed by atoms with Crippen LogP contribution >= 0.6 is 0 Å². The summed E-state index contributed by atoms with van der Waals surface area (Å²) >= 11 is 0. The number of primary amides is 1.